The van der Waals surface area contributed by atoms with E-state index in [1.165, 1.54) is 6.92 Å². The standard InChI is InChI=1S/C26H27N5O3/c1-17(32)28-22-15-23-24(29-31(3)25(23)27-16-22)21-7-5-6-20(14-21)18-8-10-19(11-9-18)26(33)30(2)12-13-34-4/h5-11,14-16H,12-13H2,1-4H3,(H,28,32). The van der Waals surface area contributed by atoms with Crippen molar-refractivity contribution in [3.05, 3.63) is 66.4 Å². The van der Waals surface area contributed by atoms with E-state index in [1.54, 1.807) is 29.9 Å². The van der Waals surface area contributed by atoms with Crippen LogP contribution in [0.4, 0.5) is 5.69 Å². The monoisotopic (exact) mass is 457 g/mol. The number of amides is 2. The van der Waals surface area contributed by atoms with Crippen molar-refractivity contribution in [1.29, 1.82) is 0 Å². The minimum atomic E-state index is -0.152. The lowest BCUT2D eigenvalue weighted by Gasteiger charge is -2.16. The van der Waals surface area contributed by atoms with Gasteiger partial charge in [-0.1, -0.05) is 30.3 Å². The molecule has 0 aliphatic rings. The predicted octanol–water partition coefficient (Wildman–Crippen LogP) is 3.98. The first kappa shape index (κ1) is 23.1. The van der Waals surface area contributed by atoms with E-state index in [2.05, 4.69) is 21.5 Å². The van der Waals surface area contributed by atoms with Gasteiger partial charge >= 0.3 is 0 Å². The zero-order chi connectivity index (χ0) is 24.2. The summed E-state index contributed by atoms with van der Waals surface area (Å²) in [5, 5.41) is 8.31. The molecular weight excluding hydrogens is 430 g/mol. The summed E-state index contributed by atoms with van der Waals surface area (Å²) in [6.45, 7) is 2.50. The molecule has 0 aliphatic heterocycles. The number of ether oxygens (including phenoxy) is 1. The third-order valence-electron chi connectivity index (χ3n) is 5.58. The van der Waals surface area contributed by atoms with Crippen LogP contribution in [0, 0.1) is 0 Å². The van der Waals surface area contributed by atoms with Gasteiger partial charge in [-0.25, -0.2) is 9.67 Å². The highest BCUT2D eigenvalue weighted by atomic mass is 16.5. The van der Waals surface area contributed by atoms with Crippen molar-refractivity contribution in [3.8, 4) is 22.4 Å². The van der Waals surface area contributed by atoms with Gasteiger partial charge in [0.2, 0.25) is 5.91 Å². The van der Waals surface area contributed by atoms with Gasteiger partial charge in [-0.15, -0.1) is 0 Å². The molecule has 2 amide bonds. The summed E-state index contributed by atoms with van der Waals surface area (Å²) in [4.78, 5) is 30.2. The quantitative estimate of drug-likeness (QED) is 0.453. The van der Waals surface area contributed by atoms with Crippen LogP contribution in [0.2, 0.25) is 0 Å². The summed E-state index contributed by atoms with van der Waals surface area (Å²) >= 11 is 0. The molecular formula is C26H27N5O3. The fourth-order valence-electron chi connectivity index (χ4n) is 3.83. The maximum Gasteiger partial charge on any atom is 0.253 e. The molecule has 4 rings (SSSR count). The summed E-state index contributed by atoms with van der Waals surface area (Å²) in [7, 11) is 5.23. The van der Waals surface area contributed by atoms with Crippen molar-refractivity contribution in [2.45, 2.75) is 6.92 Å². The highest BCUT2D eigenvalue weighted by Gasteiger charge is 2.15. The summed E-state index contributed by atoms with van der Waals surface area (Å²) in [6, 6.07) is 17.5. The SMILES string of the molecule is COCCN(C)C(=O)c1ccc(-c2cccc(-c3nn(C)c4ncc(NC(C)=O)cc34)c2)cc1. The second-order valence-corrected chi connectivity index (χ2v) is 8.13. The molecule has 34 heavy (non-hydrogen) atoms. The molecule has 8 heteroatoms. The maximum absolute atomic E-state index is 12.6. The first-order chi connectivity index (χ1) is 16.4. The number of carbonyl (C=O) groups is 2. The molecule has 0 spiro atoms. The molecule has 2 aromatic heterocycles. The van der Waals surface area contributed by atoms with E-state index in [0.29, 0.717) is 24.4 Å². The number of aromatic nitrogens is 3. The normalized spacial score (nSPS) is 10.9. The molecule has 2 aromatic carbocycles. The number of rotatable bonds is 7. The summed E-state index contributed by atoms with van der Waals surface area (Å²) in [5.41, 5.74) is 5.71. The number of nitrogens with one attached hydrogen (secondary N) is 1. The summed E-state index contributed by atoms with van der Waals surface area (Å²) in [5.74, 6) is -0.194. The van der Waals surface area contributed by atoms with Gasteiger partial charge < -0.3 is 15.0 Å². The number of fused-ring (bicyclic) bond motifs is 1. The summed E-state index contributed by atoms with van der Waals surface area (Å²) in [6.07, 6.45) is 1.63. The average molecular weight is 458 g/mol. The van der Waals surface area contributed by atoms with Gasteiger partial charge in [-0.3, -0.25) is 9.59 Å². The first-order valence-corrected chi connectivity index (χ1v) is 10.9. The van der Waals surface area contributed by atoms with Gasteiger partial charge in [0.1, 0.15) is 5.69 Å². The molecule has 1 N–H and O–H groups in total. The molecule has 174 valence electrons. The fraction of sp³-hybridized carbons (Fsp3) is 0.231. The molecule has 0 unspecified atom stereocenters. The molecule has 0 saturated carbocycles. The highest BCUT2D eigenvalue weighted by Crippen LogP contribution is 2.31. The van der Waals surface area contributed by atoms with Crippen LogP contribution in [0.3, 0.4) is 0 Å². The Hall–Kier alpha value is -4.04. The lowest BCUT2D eigenvalue weighted by molar-refractivity contribution is -0.114. The second kappa shape index (κ2) is 9.84. The van der Waals surface area contributed by atoms with Crippen LogP contribution >= 0.6 is 0 Å². The first-order valence-electron chi connectivity index (χ1n) is 10.9. The highest BCUT2D eigenvalue weighted by molar-refractivity contribution is 5.97. The minimum Gasteiger partial charge on any atom is -0.383 e. The minimum absolute atomic E-state index is 0.0419. The number of carbonyl (C=O) groups excluding carboxylic acids is 2. The zero-order valence-electron chi connectivity index (χ0n) is 19.7. The van der Waals surface area contributed by atoms with Crippen molar-refractivity contribution in [3.63, 3.8) is 0 Å². The number of hydrogen-bond donors (Lipinski definition) is 1. The van der Waals surface area contributed by atoms with Crippen LogP contribution in [-0.4, -0.2) is 58.8 Å². The average Bonchev–Trinajstić information content (AvgIpc) is 3.17. The fourth-order valence-corrected chi connectivity index (χ4v) is 3.83. The van der Waals surface area contributed by atoms with E-state index in [0.717, 1.165) is 33.4 Å². The molecule has 0 radical (unpaired) electrons. The Morgan fingerprint density at radius 1 is 1.06 bits per heavy atom. The topological polar surface area (TPSA) is 89.3 Å². The van der Waals surface area contributed by atoms with Gasteiger partial charge in [-0.2, -0.15) is 5.10 Å². The van der Waals surface area contributed by atoms with Crippen LogP contribution in [-0.2, 0) is 16.6 Å². The number of methoxy groups -OCH3 is 1. The van der Waals surface area contributed by atoms with E-state index in [9.17, 15) is 9.59 Å². The Kier molecular flexibility index (Phi) is 6.70. The number of aryl methyl sites for hydroxylation is 1. The van der Waals surface area contributed by atoms with Crippen molar-refractivity contribution in [1.82, 2.24) is 19.7 Å². The lowest BCUT2D eigenvalue weighted by Crippen LogP contribution is -2.29. The largest absolute Gasteiger partial charge is 0.383 e. The van der Waals surface area contributed by atoms with E-state index >= 15 is 0 Å². The van der Waals surface area contributed by atoms with Crippen LogP contribution in [0.15, 0.2) is 60.8 Å². The number of nitrogens with zero attached hydrogens (tertiary/aromatic N) is 4. The van der Waals surface area contributed by atoms with E-state index in [1.807, 2.05) is 55.6 Å². The van der Waals surface area contributed by atoms with Crippen LogP contribution in [0.25, 0.3) is 33.4 Å². The van der Waals surface area contributed by atoms with Gasteiger partial charge in [0.05, 0.1) is 18.5 Å². The maximum atomic E-state index is 12.6. The molecule has 0 bridgehead atoms. The lowest BCUT2D eigenvalue weighted by atomic mass is 9.99. The molecule has 0 aliphatic carbocycles. The Bertz CT molecular complexity index is 1340. The predicted molar refractivity (Wildman–Crippen MR) is 133 cm³/mol. The number of likely N-dealkylation sites (N-methyl/N-ethyl adjacent to an activating group) is 1. The Labute approximate surface area is 198 Å². The number of anilines is 1. The molecule has 2 heterocycles. The van der Waals surface area contributed by atoms with E-state index in [4.69, 9.17) is 4.74 Å². The second-order valence-electron chi connectivity index (χ2n) is 8.13. The summed E-state index contributed by atoms with van der Waals surface area (Å²) < 4.78 is 6.78. The van der Waals surface area contributed by atoms with Crippen LogP contribution < -0.4 is 5.32 Å². The van der Waals surface area contributed by atoms with E-state index < -0.39 is 0 Å². The third kappa shape index (κ3) is 4.82. The van der Waals surface area contributed by atoms with Crippen molar-refractivity contribution in [2.24, 2.45) is 7.05 Å². The number of benzene rings is 2. The third-order valence-corrected chi connectivity index (χ3v) is 5.58. The van der Waals surface area contributed by atoms with Gasteiger partial charge in [0.15, 0.2) is 5.65 Å². The van der Waals surface area contributed by atoms with Gasteiger partial charge in [0.25, 0.3) is 5.91 Å². The van der Waals surface area contributed by atoms with Gasteiger partial charge in [-0.05, 0) is 35.4 Å². The smallest absolute Gasteiger partial charge is 0.253 e. The Balaban J connectivity index is 1.64. The molecule has 0 saturated heterocycles. The molecule has 8 nitrogen and oxygen atoms in total. The number of pyridine rings is 1. The van der Waals surface area contributed by atoms with Crippen LogP contribution in [0.5, 0.6) is 0 Å². The Morgan fingerprint density at radius 2 is 1.79 bits per heavy atom. The van der Waals surface area contributed by atoms with Crippen LogP contribution in [0.1, 0.15) is 17.3 Å². The van der Waals surface area contributed by atoms with Crippen molar-refractivity contribution in [2.75, 3.05) is 32.6 Å². The molecule has 4 aromatic rings. The Morgan fingerprint density at radius 3 is 2.50 bits per heavy atom. The van der Waals surface area contributed by atoms with E-state index in [-0.39, 0.29) is 11.8 Å². The molecule has 0 atom stereocenters. The van der Waals surface area contributed by atoms with Crippen molar-refractivity contribution >= 4 is 28.5 Å². The molecule has 0 fully saturated rings. The zero-order valence-corrected chi connectivity index (χ0v) is 19.7. The van der Waals surface area contributed by atoms with Gasteiger partial charge in [0, 0.05) is 51.2 Å². The number of hydrogen-bond acceptors (Lipinski definition) is 5. The van der Waals surface area contributed by atoms with Crippen molar-refractivity contribution < 1.29 is 14.3 Å².